The van der Waals surface area contributed by atoms with Crippen LogP contribution in [0.4, 0.5) is 5.69 Å². The van der Waals surface area contributed by atoms with Gasteiger partial charge in [-0.2, -0.15) is 0 Å². The van der Waals surface area contributed by atoms with Gasteiger partial charge >= 0.3 is 0 Å². The number of anilines is 1. The predicted octanol–water partition coefficient (Wildman–Crippen LogP) is 2.88. The normalized spacial score (nSPS) is 10.7. The summed E-state index contributed by atoms with van der Waals surface area (Å²) in [6.45, 7) is 2.76. The van der Waals surface area contributed by atoms with Crippen molar-refractivity contribution < 1.29 is 0 Å². The van der Waals surface area contributed by atoms with E-state index >= 15 is 0 Å². The number of pyridine rings is 2. The number of aromatic nitrogens is 3. The first-order valence-corrected chi connectivity index (χ1v) is 5.91. The third-order valence-corrected chi connectivity index (χ3v) is 3.01. The summed E-state index contributed by atoms with van der Waals surface area (Å²) in [6, 6.07) is 8.00. The summed E-state index contributed by atoms with van der Waals surface area (Å²) < 4.78 is 0. The molecule has 0 bridgehead atoms. The van der Waals surface area contributed by atoms with Crippen molar-refractivity contribution in [2.45, 2.75) is 13.5 Å². The Kier molecular flexibility index (Phi) is 2.68. The molecule has 3 aromatic rings. The SMILES string of the molecule is Cc1ncccc1NCc1c[nH]c2ncccc12. The average Bonchev–Trinajstić information content (AvgIpc) is 2.81. The number of fused-ring (bicyclic) bond motifs is 1. The first kappa shape index (κ1) is 10.8. The molecule has 0 aliphatic carbocycles. The Hall–Kier alpha value is -2.36. The number of H-pyrrole nitrogens is 1. The molecule has 0 radical (unpaired) electrons. The second-order valence-corrected chi connectivity index (χ2v) is 4.20. The highest BCUT2D eigenvalue weighted by Crippen LogP contribution is 2.18. The van der Waals surface area contributed by atoms with Gasteiger partial charge in [0.25, 0.3) is 0 Å². The largest absolute Gasteiger partial charge is 0.379 e. The van der Waals surface area contributed by atoms with Crippen molar-refractivity contribution in [2.75, 3.05) is 5.32 Å². The van der Waals surface area contributed by atoms with Crippen LogP contribution in [0.5, 0.6) is 0 Å². The number of nitrogens with zero attached hydrogens (tertiary/aromatic N) is 2. The van der Waals surface area contributed by atoms with Gasteiger partial charge in [-0.1, -0.05) is 0 Å². The van der Waals surface area contributed by atoms with Gasteiger partial charge in [0.2, 0.25) is 0 Å². The van der Waals surface area contributed by atoms with E-state index in [1.165, 1.54) is 5.56 Å². The predicted molar refractivity (Wildman–Crippen MR) is 72.4 cm³/mol. The molecule has 0 unspecified atom stereocenters. The Bertz CT molecular complexity index is 672. The highest BCUT2D eigenvalue weighted by atomic mass is 14.9. The molecule has 0 atom stereocenters. The number of nitrogens with one attached hydrogen (secondary N) is 2. The molecule has 90 valence electrons. The van der Waals surface area contributed by atoms with Crippen LogP contribution in [0.3, 0.4) is 0 Å². The van der Waals surface area contributed by atoms with Gasteiger partial charge in [0, 0.05) is 30.5 Å². The van der Waals surface area contributed by atoms with Gasteiger partial charge in [0.1, 0.15) is 5.65 Å². The van der Waals surface area contributed by atoms with Crippen molar-refractivity contribution in [3.8, 4) is 0 Å². The first-order chi connectivity index (χ1) is 8.84. The highest BCUT2D eigenvalue weighted by molar-refractivity contribution is 5.79. The second-order valence-electron chi connectivity index (χ2n) is 4.20. The molecule has 0 saturated carbocycles. The van der Waals surface area contributed by atoms with Crippen LogP contribution in [-0.4, -0.2) is 15.0 Å². The zero-order valence-electron chi connectivity index (χ0n) is 10.1. The zero-order valence-corrected chi connectivity index (χ0v) is 10.1. The average molecular weight is 238 g/mol. The quantitative estimate of drug-likeness (QED) is 0.737. The lowest BCUT2D eigenvalue weighted by Gasteiger charge is -2.07. The molecule has 2 N–H and O–H groups in total. The van der Waals surface area contributed by atoms with E-state index in [2.05, 4.69) is 26.3 Å². The van der Waals surface area contributed by atoms with Crippen LogP contribution < -0.4 is 5.32 Å². The minimum atomic E-state index is 0.762. The van der Waals surface area contributed by atoms with Crippen LogP contribution in [-0.2, 0) is 6.54 Å². The molecule has 4 heteroatoms. The minimum Gasteiger partial charge on any atom is -0.379 e. The molecule has 3 heterocycles. The molecule has 3 aromatic heterocycles. The van der Waals surface area contributed by atoms with Crippen LogP contribution in [0.1, 0.15) is 11.3 Å². The molecule has 0 aromatic carbocycles. The van der Waals surface area contributed by atoms with E-state index in [-0.39, 0.29) is 0 Å². The van der Waals surface area contributed by atoms with Crippen LogP contribution in [0.25, 0.3) is 11.0 Å². The summed E-state index contributed by atoms with van der Waals surface area (Å²) in [4.78, 5) is 11.7. The Morgan fingerprint density at radius 1 is 1.17 bits per heavy atom. The maximum Gasteiger partial charge on any atom is 0.137 e. The smallest absolute Gasteiger partial charge is 0.137 e. The molecule has 0 aliphatic heterocycles. The second kappa shape index (κ2) is 4.49. The zero-order chi connectivity index (χ0) is 12.4. The van der Waals surface area contributed by atoms with Gasteiger partial charge in [-0.3, -0.25) is 4.98 Å². The summed E-state index contributed by atoms with van der Waals surface area (Å²) in [7, 11) is 0. The maximum absolute atomic E-state index is 4.28. The van der Waals surface area contributed by atoms with E-state index in [1.54, 1.807) is 12.4 Å². The molecular formula is C14H14N4. The number of aryl methyl sites for hydroxylation is 1. The van der Waals surface area contributed by atoms with Crippen molar-refractivity contribution in [2.24, 2.45) is 0 Å². The number of hydrogen-bond donors (Lipinski definition) is 2. The molecule has 4 nitrogen and oxygen atoms in total. The molecule has 0 aliphatic rings. The Labute approximate surface area is 105 Å². The Balaban J connectivity index is 1.83. The Morgan fingerprint density at radius 3 is 2.89 bits per heavy atom. The van der Waals surface area contributed by atoms with Crippen molar-refractivity contribution >= 4 is 16.7 Å². The fourth-order valence-corrected chi connectivity index (χ4v) is 2.02. The molecular weight excluding hydrogens is 224 g/mol. The molecule has 0 fully saturated rings. The van der Waals surface area contributed by atoms with Crippen molar-refractivity contribution in [3.05, 3.63) is 54.1 Å². The molecule has 0 amide bonds. The minimum absolute atomic E-state index is 0.762. The standard InChI is InChI=1S/C14H14N4/c1-10-13(5-3-6-15-10)17-8-11-9-18-14-12(11)4-2-7-16-14/h2-7,9,17H,8H2,1H3,(H,16,18). The molecule has 0 spiro atoms. The van der Waals surface area contributed by atoms with Gasteiger partial charge in [0.15, 0.2) is 0 Å². The van der Waals surface area contributed by atoms with E-state index in [1.807, 2.05) is 31.3 Å². The van der Waals surface area contributed by atoms with Crippen molar-refractivity contribution in [3.63, 3.8) is 0 Å². The molecule has 18 heavy (non-hydrogen) atoms. The van der Waals surface area contributed by atoms with Gasteiger partial charge in [-0.15, -0.1) is 0 Å². The van der Waals surface area contributed by atoms with Gasteiger partial charge < -0.3 is 10.3 Å². The van der Waals surface area contributed by atoms with Crippen molar-refractivity contribution in [1.29, 1.82) is 0 Å². The lowest BCUT2D eigenvalue weighted by atomic mass is 10.2. The van der Waals surface area contributed by atoms with Gasteiger partial charge in [-0.25, -0.2) is 4.98 Å². The van der Waals surface area contributed by atoms with Crippen LogP contribution in [0.15, 0.2) is 42.9 Å². The lowest BCUT2D eigenvalue weighted by molar-refractivity contribution is 1.12. The van der Waals surface area contributed by atoms with Crippen LogP contribution in [0, 0.1) is 6.92 Å². The third-order valence-electron chi connectivity index (χ3n) is 3.01. The summed E-state index contributed by atoms with van der Waals surface area (Å²) in [5.74, 6) is 0. The van der Waals surface area contributed by atoms with E-state index < -0.39 is 0 Å². The summed E-state index contributed by atoms with van der Waals surface area (Å²) in [5, 5.41) is 4.56. The molecule has 3 rings (SSSR count). The summed E-state index contributed by atoms with van der Waals surface area (Å²) >= 11 is 0. The first-order valence-electron chi connectivity index (χ1n) is 5.91. The van der Waals surface area contributed by atoms with Crippen LogP contribution in [0.2, 0.25) is 0 Å². The summed E-state index contributed by atoms with van der Waals surface area (Å²) in [5.41, 5.74) is 4.21. The topological polar surface area (TPSA) is 53.6 Å². The lowest BCUT2D eigenvalue weighted by Crippen LogP contribution is -2.01. The number of rotatable bonds is 3. The van der Waals surface area contributed by atoms with Gasteiger partial charge in [-0.05, 0) is 36.8 Å². The van der Waals surface area contributed by atoms with Gasteiger partial charge in [0.05, 0.1) is 11.4 Å². The third kappa shape index (κ3) is 1.93. The van der Waals surface area contributed by atoms with E-state index in [0.29, 0.717) is 0 Å². The maximum atomic E-state index is 4.28. The number of hydrogen-bond acceptors (Lipinski definition) is 3. The fourth-order valence-electron chi connectivity index (χ4n) is 2.02. The highest BCUT2D eigenvalue weighted by Gasteiger charge is 2.04. The van der Waals surface area contributed by atoms with Crippen LogP contribution >= 0.6 is 0 Å². The fraction of sp³-hybridized carbons (Fsp3) is 0.143. The number of aromatic amines is 1. The van der Waals surface area contributed by atoms with Crippen molar-refractivity contribution in [1.82, 2.24) is 15.0 Å². The van der Waals surface area contributed by atoms with E-state index in [9.17, 15) is 0 Å². The summed E-state index contributed by atoms with van der Waals surface area (Å²) in [6.07, 6.45) is 5.59. The Morgan fingerprint density at radius 2 is 2.00 bits per heavy atom. The van der Waals surface area contributed by atoms with E-state index in [4.69, 9.17) is 0 Å². The van der Waals surface area contributed by atoms with E-state index in [0.717, 1.165) is 29.0 Å². The molecule has 0 saturated heterocycles. The monoisotopic (exact) mass is 238 g/mol.